The first-order valence-corrected chi connectivity index (χ1v) is 7.16. The van der Waals surface area contributed by atoms with Gasteiger partial charge in [0.15, 0.2) is 5.78 Å². The topological polar surface area (TPSA) is 56.3 Å². The quantitative estimate of drug-likeness (QED) is 0.741. The molecule has 0 radical (unpaired) electrons. The van der Waals surface area contributed by atoms with Crippen LogP contribution in [0.1, 0.15) is 47.4 Å². The minimum Gasteiger partial charge on any atom is -0.396 e. The molecule has 1 aromatic rings. The number of aliphatic hydroxyl groups excluding tert-OH is 1. The molecule has 106 valence electrons. The fourth-order valence-electron chi connectivity index (χ4n) is 2.70. The summed E-state index contributed by atoms with van der Waals surface area (Å²) in [4.78, 5) is 17.8. The van der Waals surface area contributed by atoms with Gasteiger partial charge in [0, 0.05) is 36.1 Å². The lowest BCUT2D eigenvalue weighted by Crippen LogP contribution is -2.43. The lowest BCUT2D eigenvalue weighted by Gasteiger charge is -2.37. The zero-order valence-corrected chi connectivity index (χ0v) is 11.9. The normalized spacial score (nSPS) is 15.8. The Kier molecular flexibility index (Phi) is 4.77. The first-order chi connectivity index (χ1) is 9.11. The zero-order chi connectivity index (χ0) is 13.8. The van der Waals surface area contributed by atoms with Gasteiger partial charge in [-0.05, 0) is 39.2 Å². The molecule has 0 spiro atoms. The summed E-state index contributed by atoms with van der Waals surface area (Å²) < 4.78 is 0. The van der Waals surface area contributed by atoms with Crippen LogP contribution < -0.4 is 0 Å². The monoisotopic (exact) mass is 264 g/mol. The van der Waals surface area contributed by atoms with Gasteiger partial charge in [0.2, 0.25) is 0 Å². The summed E-state index contributed by atoms with van der Waals surface area (Å²) in [5, 5.41) is 8.97. The second-order valence-electron chi connectivity index (χ2n) is 5.55. The van der Waals surface area contributed by atoms with Gasteiger partial charge in [-0.15, -0.1) is 0 Å². The van der Waals surface area contributed by atoms with Gasteiger partial charge in [-0.1, -0.05) is 6.42 Å². The van der Waals surface area contributed by atoms with Crippen molar-refractivity contribution in [2.45, 2.75) is 45.6 Å². The fourth-order valence-corrected chi connectivity index (χ4v) is 2.70. The third-order valence-corrected chi connectivity index (χ3v) is 3.99. The second kappa shape index (κ2) is 6.35. The van der Waals surface area contributed by atoms with Gasteiger partial charge >= 0.3 is 0 Å². The summed E-state index contributed by atoms with van der Waals surface area (Å²) in [5.41, 5.74) is 2.80. The number of aryl methyl sites for hydroxylation is 2. The predicted octanol–water partition coefficient (Wildman–Crippen LogP) is 2.05. The molecule has 0 amide bonds. The Bertz CT molecular complexity index is 435. The molecule has 1 aromatic heterocycles. The van der Waals surface area contributed by atoms with Crippen LogP contribution in [0.4, 0.5) is 0 Å². The number of H-pyrrole nitrogens is 1. The van der Waals surface area contributed by atoms with E-state index in [4.69, 9.17) is 5.11 Å². The van der Waals surface area contributed by atoms with E-state index < -0.39 is 0 Å². The summed E-state index contributed by atoms with van der Waals surface area (Å²) in [6.07, 6.45) is 4.37. The van der Waals surface area contributed by atoms with Crippen molar-refractivity contribution in [3.63, 3.8) is 0 Å². The molecule has 1 aliphatic rings. The van der Waals surface area contributed by atoms with E-state index in [9.17, 15) is 4.79 Å². The molecule has 0 bridgehead atoms. The van der Waals surface area contributed by atoms with Crippen LogP contribution in [0.25, 0.3) is 0 Å². The van der Waals surface area contributed by atoms with Crippen molar-refractivity contribution in [3.8, 4) is 0 Å². The number of carbonyl (C=O) groups excluding carboxylic acids is 1. The summed E-state index contributed by atoms with van der Waals surface area (Å²) in [6, 6.07) is 2.47. The highest BCUT2D eigenvalue weighted by Crippen LogP contribution is 2.25. The highest BCUT2D eigenvalue weighted by atomic mass is 16.3. The third-order valence-electron chi connectivity index (χ3n) is 3.99. The van der Waals surface area contributed by atoms with E-state index >= 15 is 0 Å². The smallest absolute Gasteiger partial charge is 0.178 e. The van der Waals surface area contributed by atoms with Crippen molar-refractivity contribution < 1.29 is 9.90 Å². The number of carbonyl (C=O) groups is 1. The summed E-state index contributed by atoms with van der Waals surface area (Å²) in [6.45, 7) is 5.40. The van der Waals surface area contributed by atoms with E-state index in [0.29, 0.717) is 12.6 Å². The van der Waals surface area contributed by atoms with Crippen molar-refractivity contribution in [1.82, 2.24) is 9.88 Å². The van der Waals surface area contributed by atoms with E-state index in [1.165, 1.54) is 19.3 Å². The van der Waals surface area contributed by atoms with Gasteiger partial charge in [0.05, 0.1) is 6.54 Å². The molecule has 4 heteroatoms. The average Bonchev–Trinajstić information content (AvgIpc) is 2.63. The Labute approximate surface area is 114 Å². The molecule has 19 heavy (non-hydrogen) atoms. The van der Waals surface area contributed by atoms with Gasteiger partial charge in [-0.25, -0.2) is 0 Å². The average molecular weight is 264 g/mol. The van der Waals surface area contributed by atoms with E-state index in [0.717, 1.165) is 29.9 Å². The number of nitrogens with one attached hydrogen (secondary N) is 1. The lowest BCUT2D eigenvalue weighted by molar-refractivity contribution is 0.0787. The van der Waals surface area contributed by atoms with Gasteiger partial charge in [0.1, 0.15) is 0 Å². The second-order valence-corrected chi connectivity index (χ2v) is 5.55. The maximum atomic E-state index is 12.4. The van der Waals surface area contributed by atoms with Crippen LogP contribution in [0.2, 0.25) is 0 Å². The summed E-state index contributed by atoms with van der Waals surface area (Å²) >= 11 is 0. The standard InChI is InChI=1S/C15H24N2O2/c1-11-9-14(12(2)16-11)15(19)10-17(7-4-8-18)13-5-3-6-13/h9,13,16,18H,3-8,10H2,1-2H3. The number of hydrogen-bond acceptors (Lipinski definition) is 3. The van der Waals surface area contributed by atoms with E-state index in [2.05, 4.69) is 9.88 Å². The van der Waals surface area contributed by atoms with E-state index in [1.54, 1.807) is 0 Å². The number of hydrogen-bond donors (Lipinski definition) is 2. The zero-order valence-electron chi connectivity index (χ0n) is 11.9. The number of nitrogens with zero attached hydrogens (tertiary/aromatic N) is 1. The number of aliphatic hydroxyl groups is 1. The Hall–Kier alpha value is -1.13. The lowest BCUT2D eigenvalue weighted by atomic mass is 9.91. The number of Topliss-reactive ketones (excluding diaryl/α,β-unsaturated/α-hetero) is 1. The van der Waals surface area contributed by atoms with Crippen LogP contribution in [0.15, 0.2) is 6.07 Å². The van der Waals surface area contributed by atoms with Crippen LogP contribution in [-0.2, 0) is 0 Å². The van der Waals surface area contributed by atoms with Crippen LogP contribution in [0, 0.1) is 13.8 Å². The molecule has 0 saturated heterocycles. The maximum absolute atomic E-state index is 12.4. The summed E-state index contributed by atoms with van der Waals surface area (Å²) in [7, 11) is 0. The van der Waals surface area contributed by atoms with Crippen LogP contribution in [0.3, 0.4) is 0 Å². The van der Waals surface area contributed by atoms with E-state index in [1.807, 2.05) is 19.9 Å². The molecule has 2 rings (SSSR count). The molecular weight excluding hydrogens is 240 g/mol. The first kappa shape index (κ1) is 14.3. The molecular formula is C15H24N2O2. The molecule has 0 aromatic carbocycles. The van der Waals surface area contributed by atoms with E-state index in [-0.39, 0.29) is 12.4 Å². The highest BCUT2D eigenvalue weighted by molar-refractivity contribution is 5.98. The molecule has 2 N–H and O–H groups in total. The Morgan fingerprint density at radius 1 is 1.47 bits per heavy atom. The fraction of sp³-hybridized carbons (Fsp3) is 0.667. The molecule has 1 saturated carbocycles. The molecule has 1 fully saturated rings. The van der Waals surface area contributed by atoms with Crippen LogP contribution >= 0.6 is 0 Å². The van der Waals surface area contributed by atoms with Crippen LogP contribution in [0.5, 0.6) is 0 Å². The van der Waals surface area contributed by atoms with Crippen molar-refractivity contribution >= 4 is 5.78 Å². The van der Waals surface area contributed by atoms with Gasteiger partial charge in [-0.3, -0.25) is 9.69 Å². The molecule has 0 aliphatic heterocycles. The van der Waals surface area contributed by atoms with Crippen molar-refractivity contribution in [2.75, 3.05) is 19.7 Å². The molecule has 0 unspecified atom stereocenters. The molecule has 4 nitrogen and oxygen atoms in total. The van der Waals surface area contributed by atoms with Gasteiger partial charge in [0.25, 0.3) is 0 Å². The summed E-state index contributed by atoms with van der Waals surface area (Å²) in [5.74, 6) is 0.187. The molecule has 0 atom stereocenters. The third kappa shape index (κ3) is 3.45. The number of aromatic amines is 1. The maximum Gasteiger partial charge on any atom is 0.178 e. The minimum atomic E-state index is 0.187. The largest absolute Gasteiger partial charge is 0.396 e. The number of aromatic nitrogens is 1. The van der Waals surface area contributed by atoms with Crippen LogP contribution in [-0.4, -0.2) is 46.5 Å². The van der Waals surface area contributed by atoms with Crippen molar-refractivity contribution in [1.29, 1.82) is 0 Å². The Morgan fingerprint density at radius 3 is 2.68 bits per heavy atom. The van der Waals surface area contributed by atoms with Crippen molar-refractivity contribution in [2.24, 2.45) is 0 Å². The minimum absolute atomic E-state index is 0.187. The SMILES string of the molecule is Cc1cc(C(=O)CN(CCCO)C2CCC2)c(C)[nH]1. The Balaban J connectivity index is 1.99. The van der Waals surface area contributed by atoms with Gasteiger partial charge < -0.3 is 10.1 Å². The molecule has 1 aliphatic carbocycles. The Morgan fingerprint density at radius 2 is 2.21 bits per heavy atom. The molecule has 1 heterocycles. The number of rotatable bonds is 7. The highest BCUT2D eigenvalue weighted by Gasteiger charge is 2.26. The predicted molar refractivity (Wildman–Crippen MR) is 75.5 cm³/mol. The van der Waals surface area contributed by atoms with Crippen molar-refractivity contribution in [3.05, 3.63) is 23.0 Å². The first-order valence-electron chi connectivity index (χ1n) is 7.16. The van der Waals surface area contributed by atoms with Gasteiger partial charge in [-0.2, -0.15) is 0 Å². The number of ketones is 1.